The number of rotatable bonds is 6. The Labute approximate surface area is 125 Å². The van der Waals surface area contributed by atoms with Crippen LogP contribution in [0.15, 0.2) is 48.5 Å². The summed E-state index contributed by atoms with van der Waals surface area (Å²) in [5, 5.41) is 17.7. The molecule has 2 rings (SSSR count). The maximum atomic E-state index is 8.84. The van der Waals surface area contributed by atoms with Crippen LogP contribution in [0.1, 0.15) is 22.3 Å². The molecule has 104 valence electrons. The molecule has 0 aliphatic rings. The van der Waals surface area contributed by atoms with Gasteiger partial charge in [0.25, 0.3) is 0 Å². The molecule has 0 heterocycles. The van der Waals surface area contributed by atoms with Crippen molar-refractivity contribution in [2.24, 2.45) is 0 Å². The van der Waals surface area contributed by atoms with Crippen LogP contribution in [0.2, 0.25) is 0 Å². The molecule has 0 saturated carbocycles. The Morgan fingerprint density at radius 1 is 0.762 bits per heavy atom. The SMILES string of the molecule is N#Cc1cccc(CCOCCc2cccc(C#N)c2)c1. The Kier molecular flexibility index (Phi) is 5.52. The van der Waals surface area contributed by atoms with Gasteiger partial charge in [-0.05, 0) is 48.2 Å². The first-order valence-electron chi connectivity index (χ1n) is 6.87. The summed E-state index contributed by atoms with van der Waals surface area (Å²) in [6.45, 7) is 1.26. The third kappa shape index (κ3) is 4.76. The summed E-state index contributed by atoms with van der Waals surface area (Å²) in [4.78, 5) is 0. The van der Waals surface area contributed by atoms with E-state index < -0.39 is 0 Å². The summed E-state index contributed by atoms with van der Waals surface area (Å²) >= 11 is 0. The van der Waals surface area contributed by atoms with Crippen LogP contribution < -0.4 is 0 Å². The fourth-order valence-electron chi connectivity index (χ4n) is 2.07. The van der Waals surface area contributed by atoms with Crippen molar-refractivity contribution in [1.82, 2.24) is 0 Å². The number of hydrogen-bond donors (Lipinski definition) is 0. The van der Waals surface area contributed by atoms with Gasteiger partial charge in [0.15, 0.2) is 0 Å². The fourth-order valence-corrected chi connectivity index (χ4v) is 2.07. The smallest absolute Gasteiger partial charge is 0.0991 e. The Morgan fingerprint density at radius 3 is 1.67 bits per heavy atom. The van der Waals surface area contributed by atoms with E-state index >= 15 is 0 Å². The van der Waals surface area contributed by atoms with Crippen LogP contribution in [0.3, 0.4) is 0 Å². The number of hydrogen-bond acceptors (Lipinski definition) is 3. The predicted molar refractivity (Wildman–Crippen MR) is 80.5 cm³/mol. The first-order chi connectivity index (χ1) is 10.3. The molecule has 0 spiro atoms. The van der Waals surface area contributed by atoms with Crippen LogP contribution in [0, 0.1) is 22.7 Å². The molecule has 21 heavy (non-hydrogen) atoms. The van der Waals surface area contributed by atoms with E-state index in [4.69, 9.17) is 15.3 Å². The highest BCUT2D eigenvalue weighted by molar-refractivity contribution is 5.33. The summed E-state index contributed by atoms with van der Waals surface area (Å²) in [6.07, 6.45) is 1.60. The topological polar surface area (TPSA) is 56.8 Å². The highest BCUT2D eigenvalue weighted by Crippen LogP contribution is 2.07. The molecule has 0 amide bonds. The Balaban J connectivity index is 1.72. The molecule has 0 atom stereocenters. The first kappa shape index (κ1) is 14.8. The highest BCUT2D eigenvalue weighted by Gasteiger charge is 1.98. The second kappa shape index (κ2) is 7.85. The largest absolute Gasteiger partial charge is 0.381 e. The number of ether oxygens (including phenoxy) is 1. The van der Waals surface area contributed by atoms with Crippen LogP contribution in [0.25, 0.3) is 0 Å². The summed E-state index contributed by atoms with van der Waals surface area (Å²) in [5.41, 5.74) is 3.59. The van der Waals surface area contributed by atoms with Crippen LogP contribution in [-0.2, 0) is 17.6 Å². The summed E-state index contributed by atoms with van der Waals surface area (Å²) < 4.78 is 5.62. The summed E-state index contributed by atoms with van der Waals surface area (Å²) in [6, 6.07) is 19.4. The normalized spacial score (nSPS) is 9.81. The van der Waals surface area contributed by atoms with E-state index in [1.54, 1.807) is 12.1 Å². The molecule has 0 aliphatic carbocycles. The minimum absolute atomic E-state index is 0.632. The van der Waals surface area contributed by atoms with Crippen molar-refractivity contribution >= 4 is 0 Å². The van der Waals surface area contributed by atoms with E-state index in [-0.39, 0.29) is 0 Å². The molecule has 0 aliphatic heterocycles. The summed E-state index contributed by atoms with van der Waals surface area (Å²) in [7, 11) is 0. The van der Waals surface area contributed by atoms with Crippen molar-refractivity contribution in [3.05, 3.63) is 70.8 Å². The second-order valence-electron chi connectivity index (χ2n) is 4.74. The first-order valence-corrected chi connectivity index (χ1v) is 6.87. The Morgan fingerprint density at radius 2 is 1.24 bits per heavy atom. The van der Waals surface area contributed by atoms with Gasteiger partial charge >= 0.3 is 0 Å². The minimum atomic E-state index is 0.632. The third-order valence-electron chi connectivity index (χ3n) is 3.18. The zero-order valence-electron chi connectivity index (χ0n) is 11.7. The van der Waals surface area contributed by atoms with Crippen LogP contribution in [-0.4, -0.2) is 13.2 Å². The van der Waals surface area contributed by atoms with Crippen LogP contribution >= 0.6 is 0 Å². The van der Waals surface area contributed by atoms with Gasteiger partial charge in [0.2, 0.25) is 0 Å². The van der Waals surface area contributed by atoms with E-state index in [0.717, 1.165) is 24.0 Å². The van der Waals surface area contributed by atoms with Gasteiger partial charge in [-0.25, -0.2) is 0 Å². The third-order valence-corrected chi connectivity index (χ3v) is 3.18. The molecule has 0 N–H and O–H groups in total. The van der Waals surface area contributed by atoms with E-state index in [1.807, 2.05) is 36.4 Å². The standard InChI is InChI=1S/C18H16N2O/c19-13-17-5-1-3-15(11-17)7-9-21-10-8-16-4-2-6-18(12-16)14-20/h1-6,11-12H,7-10H2. The fraction of sp³-hybridized carbons (Fsp3) is 0.222. The number of nitriles is 2. The molecule has 0 unspecified atom stereocenters. The number of benzene rings is 2. The van der Waals surface area contributed by atoms with E-state index in [2.05, 4.69) is 12.1 Å². The lowest BCUT2D eigenvalue weighted by Gasteiger charge is -2.05. The lowest BCUT2D eigenvalue weighted by molar-refractivity contribution is 0.140. The Hall–Kier alpha value is -2.62. The van der Waals surface area contributed by atoms with Crippen molar-refractivity contribution in [1.29, 1.82) is 10.5 Å². The molecule has 0 bridgehead atoms. The molecule has 2 aromatic carbocycles. The molecule has 0 saturated heterocycles. The molecule has 3 nitrogen and oxygen atoms in total. The van der Waals surface area contributed by atoms with Gasteiger partial charge in [-0.1, -0.05) is 24.3 Å². The molecular weight excluding hydrogens is 260 g/mol. The lowest BCUT2D eigenvalue weighted by atomic mass is 10.1. The number of nitrogens with zero attached hydrogens (tertiary/aromatic N) is 2. The molecule has 0 radical (unpaired) electrons. The predicted octanol–water partition coefficient (Wildman–Crippen LogP) is 3.23. The maximum absolute atomic E-state index is 8.84. The average Bonchev–Trinajstić information content (AvgIpc) is 2.55. The van der Waals surface area contributed by atoms with Gasteiger partial charge in [0.05, 0.1) is 36.5 Å². The Bertz CT molecular complexity index is 621. The van der Waals surface area contributed by atoms with E-state index in [1.165, 1.54) is 0 Å². The highest BCUT2D eigenvalue weighted by atomic mass is 16.5. The molecular formula is C18H16N2O. The van der Waals surface area contributed by atoms with Crippen molar-refractivity contribution in [2.75, 3.05) is 13.2 Å². The zero-order chi connectivity index (χ0) is 14.9. The van der Waals surface area contributed by atoms with Gasteiger partial charge < -0.3 is 4.74 Å². The van der Waals surface area contributed by atoms with Crippen LogP contribution in [0.5, 0.6) is 0 Å². The average molecular weight is 276 g/mol. The van der Waals surface area contributed by atoms with Gasteiger partial charge in [-0.15, -0.1) is 0 Å². The minimum Gasteiger partial charge on any atom is -0.381 e. The van der Waals surface area contributed by atoms with Gasteiger partial charge in [-0.3, -0.25) is 0 Å². The van der Waals surface area contributed by atoms with E-state index in [0.29, 0.717) is 24.3 Å². The van der Waals surface area contributed by atoms with Gasteiger partial charge in [0.1, 0.15) is 0 Å². The van der Waals surface area contributed by atoms with Gasteiger partial charge in [0, 0.05) is 0 Å². The lowest BCUT2D eigenvalue weighted by Crippen LogP contribution is -2.03. The maximum Gasteiger partial charge on any atom is 0.0991 e. The molecule has 0 fully saturated rings. The quantitative estimate of drug-likeness (QED) is 0.761. The molecule has 3 heteroatoms. The second-order valence-corrected chi connectivity index (χ2v) is 4.74. The van der Waals surface area contributed by atoms with Crippen molar-refractivity contribution in [3.63, 3.8) is 0 Å². The van der Waals surface area contributed by atoms with E-state index in [9.17, 15) is 0 Å². The van der Waals surface area contributed by atoms with Crippen LogP contribution in [0.4, 0.5) is 0 Å². The summed E-state index contributed by atoms with van der Waals surface area (Å²) in [5.74, 6) is 0. The zero-order valence-corrected chi connectivity index (χ0v) is 11.7. The van der Waals surface area contributed by atoms with Gasteiger partial charge in [-0.2, -0.15) is 10.5 Å². The van der Waals surface area contributed by atoms with Crippen molar-refractivity contribution < 1.29 is 4.74 Å². The molecule has 0 aromatic heterocycles. The van der Waals surface area contributed by atoms with Crippen molar-refractivity contribution in [3.8, 4) is 12.1 Å². The monoisotopic (exact) mass is 276 g/mol. The molecule has 2 aromatic rings. The van der Waals surface area contributed by atoms with Crippen molar-refractivity contribution in [2.45, 2.75) is 12.8 Å².